The Morgan fingerprint density at radius 2 is 1.54 bits per heavy atom. The first-order chi connectivity index (χ1) is 18.3. The largest absolute Gasteiger partial charge is 0.458 e. The van der Waals surface area contributed by atoms with E-state index in [4.69, 9.17) is 4.74 Å². The van der Waals surface area contributed by atoms with E-state index in [0.717, 1.165) is 24.2 Å². The van der Waals surface area contributed by atoms with Gasteiger partial charge >= 0.3 is 5.97 Å². The average Bonchev–Trinajstić information content (AvgIpc) is 2.89. The fourth-order valence-electron chi connectivity index (χ4n) is 11.8. The highest BCUT2D eigenvalue weighted by atomic mass is 16.5. The molecule has 0 spiro atoms. The Bertz CT molecular complexity index is 1150. The molecule has 1 aromatic carbocycles. The van der Waals surface area contributed by atoms with Crippen LogP contribution in [0.25, 0.3) is 0 Å². The van der Waals surface area contributed by atoms with Crippen LogP contribution in [-0.2, 0) is 4.74 Å². The number of hydrogen-bond acceptors (Lipinski definition) is 2. The molecule has 39 heavy (non-hydrogen) atoms. The van der Waals surface area contributed by atoms with Crippen LogP contribution in [0.15, 0.2) is 42.0 Å². The second-order valence-electron chi connectivity index (χ2n) is 16.4. The van der Waals surface area contributed by atoms with Crippen LogP contribution in [0, 0.1) is 56.7 Å². The summed E-state index contributed by atoms with van der Waals surface area (Å²) in [5.41, 5.74) is 3.93. The van der Waals surface area contributed by atoms with E-state index in [9.17, 15) is 4.79 Å². The van der Waals surface area contributed by atoms with Crippen molar-refractivity contribution in [1.82, 2.24) is 0 Å². The molecular weight excluding hydrogens is 476 g/mol. The minimum atomic E-state index is -0.156. The van der Waals surface area contributed by atoms with Crippen LogP contribution in [0.4, 0.5) is 0 Å². The van der Waals surface area contributed by atoms with Crippen molar-refractivity contribution in [2.75, 3.05) is 0 Å². The number of hydrogen-bond donors (Lipinski definition) is 0. The normalized spacial score (nSPS) is 48.5. The van der Waals surface area contributed by atoms with Crippen molar-refractivity contribution in [3.63, 3.8) is 0 Å². The van der Waals surface area contributed by atoms with Gasteiger partial charge < -0.3 is 4.74 Å². The van der Waals surface area contributed by atoms with Crippen molar-refractivity contribution in [2.45, 2.75) is 119 Å². The van der Waals surface area contributed by atoms with Crippen LogP contribution in [0.3, 0.4) is 0 Å². The molecular formula is C37H54O2. The highest BCUT2D eigenvalue weighted by molar-refractivity contribution is 5.89. The Hall–Kier alpha value is -1.57. The van der Waals surface area contributed by atoms with Gasteiger partial charge in [-0.05, 0) is 121 Å². The number of fused-ring (bicyclic) bond motifs is 7. The first-order valence-electron chi connectivity index (χ1n) is 16.2. The smallest absolute Gasteiger partial charge is 0.338 e. The van der Waals surface area contributed by atoms with E-state index in [1.165, 1.54) is 51.4 Å². The first-order valence-corrected chi connectivity index (χ1v) is 16.2. The van der Waals surface area contributed by atoms with E-state index < -0.39 is 0 Å². The van der Waals surface area contributed by atoms with Crippen LogP contribution in [0.1, 0.15) is 124 Å². The van der Waals surface area contributed by atoms with Gasteiger partial charge in [0.15, 0.2) is 0 Å². The fourth-order valence-corrected chi connectivity index (χ4v) is 11.8. The van der Waals surface area contributed by atoms with E-state index in [1.54, 1.807) is 0 Å². The van der Waals surface area contributed by atoms with Crippen molar-refractivity contribution in [1.29, 1.82) is 0 Å². The average molecular weight is 531 g/mol. The van der Waals surface area contributed by atoms with Crippen LogP contribution in [-0.4, -0.2) is 12.1 Å². The number of carbonyl (C=O) groups excluding carboxylic acids is 1. The summed E-state index contributed by atoms with van der Waals surface area (Å²) in [5.74, 6) is 3.49. The fraction of sp³-hybridized carbons (Fsp3) is 0.757. The molecule has 0 radical (unpaired) electrons. The number of allylic oxidation sites excluding steroid dienone is 2. The molecule has 2 nitrogen and oxygen atoms in total. The summed E-state index contributed by atoms with van der Waals surface area (Å²) in [4.78, 5) is 13.1. The lowest BCUT2D eigenvalue weighted by Crippen LogP contribution is -2.65. The third kappa shape index (κ3) is 3.74. The summed E-state index contributed by atoms with van der Waals surface area (Å²) in [7, 11) is 0. The predicted octanol–water partition coefficient (Wildman–Crippen LogP) is 9.89. The Kier molecular flexibility index (Phi) is 6.34. The van der Waals surface area contributed by atoms with Crippen molar-refractivity contribution < 1.29 is 9.53 Å². The zero-order valence-electron chi connectivity index (χ0n) is 26.1. The van der Waals surface area contributed by atoms with Crippen LogP contribution < -0.4 is 0 Å². The van der Waals surface area contributed by atoms with Gasteiger partial charge in [-0.1, -0.05) is 85.2 Å². The number of esters is 1. The predicted molar refractivity (Wildman–Crippen MR) is 160 cm³/mol. The molecule has 1 aromatic rings. The van der Waals surface area contributed by atoms with Gasteiger partial charge in [0.2, 0.25) is 0 Å². The highest BCUT2D eigenvalue weighted by Gasteiger charge is 2.68. The molecule has 0 saturated heterocycles. The maximum absolute atomic E-state index is 13.1. The van der Waals surface area contributed by atoms with Gasteiger partial charge in [-0.15, -0.1) is 0 Å². The second-order valence-corrected chi connectivity index (χ2v) is 16.4. The molecule has 10 atom stereocenters. The van der Waals surface area contributed by atoms with Crippen molar-refractivity contribution in [3.05, 3.63) is 47.5 Å². The van der Waals surface area contributed by atoms with Crippen molar-refractivity contribution >= 4 is 5.97 Å². The lowest BCUT2D eigenvalue weighted by atomic mass is 9.33. The molecule has 0 N–H and O–H groups in total. The summed E-state index contributed by atoms with van der Waals surface area (Å²) >= 11 is 0. The van der Waals surface area contributed by atoms with Gasteiger partial charge in [-0.2, -0.15) is 0 Å². The van der Waals surface area contributed by atoms with E-state index in [0.29, 0.717) is 33.6 Å². The summed E-state index contributed by atoms with van der Waals surface area (Å²) in [6, 6.07) is 9.57. The number of benzene rings is 1. The van der Waals surface area contributed by atoms with Crippen LogP contribution in [0.2, 0.25) is 0 Å². The Balaban J connectivity index is 1.31. The molecule has 0 amide bonds. The lowest BCUT2D eigenvalue weighted by molar-refractivity contribution is -0.204. The van der Waals surface area contributed by atoms with Gasteiger partial charge in [0.05, 0.1) is 5.56 Å². The first kappa shape index (κ1) is 27.6. The lowest BCUT2D eigenvalue weighted by Gasteiger charge is -2.71. The molecule has 0 heterocycles. The number of carbonyl (C=O) groups is 1. The maximum Gasteiger partial charge on any atom is 0.338 e. The highest BCUT2D eigenvalue weighted by Crippen LogP contribution is 2.75. The third-order valence-electron chi connectivity index (χ3n) is 14.6. The molecule has 4 fully saturated rings. The third-order valence-corrected chi connectivity index (χ3v) is 14.6. The molecule has 214 valence electrons. The monoisotopic (exact) mass is 530 g/mol. The van der Waals surface area contributed by atoms with Crippen molar-refractivity contribution in [2.24, 2.45) is 56.7 Å². The molecule has 0 aliphatic heterocycles. The SMILES string of the molecule is C[C@H]1[C@H](C)CC[C@@]2(C)CC[C@]3(C)C(=CC[C@@H]4[C@]5(C)CC[C@H](OC(=O)c6ccccc6)C(C)(C)[C@@H]5CC[C@@]43C)[C@@H]12. The molecule has 0 unspecified atom stereocenters. The Labute approximate surface area is 238 Å². The molecule has 0 bridgehead atoms. The maximum atomic E-state index is 13.1. The molecule has 4 saturated carbocycles. The van der Waals surface area contributed by atoms with Crippen LogP contribution >= 0.6 is 0 Å². The topological polar surface area (TPSA) is 26.3 Å². The van der Waals surface area contributed by atoms with E-state index >= 15 is 0 Å². The molecule has 0 aromatic heterocycles. The molecule has 2 heteroatoms. The molecule has 6 rings (SSSR count). The van der Waals surface area contributed by atoms with Gasteiger partial charge in [0.25, 0.3) is 0 Å². The van der Waals surface area contributed by atoms with Gasteiger partial charge in [-0.3, -0.25) is 0 Å². The molecule has 5 aliphatic rings. The van der Waals surface area contributed by atoms with Crippen LogP contribution in [0.5, 0.6) is 0 Å². The quantitative estimate of drug-likeness (QED) is 0.281. The summed E-state index contributed by atoms with van der Waals surface area (Å²) in [6.07, 6.45) is 14.3. The van der Waals surface area contributed by atoms with E-state index in [2.05, 4.69) is 61.5 Å². The summed E-state index contributed by atoms with van der Waals surface area (Å²) in [6.45, 7) is 20.6. The minimum absolute atomic E-state index is 0.0159. The summed E-state index contributed by atoms with van der Waals surface area (Å²) < 4.78 is 6.29. The minimum Gasteiger partial charge on any atom is -0.458 e. The number of ether oxygens (including phenoxy) is 1. The standard InChI is InChI=1S/C37H54O2/c1-24-16-19-34(5)22-23-36(7)27(31(34)25(24)2)14-15-29-35(6)20-18-30(39-32(38)26-12-10-9-11-13-26)33(3,4)28(35)17-21-37(29,36)8/h9-14,24-25,28-31H,15-23H2,1-8H3/t24-,25+,28+,29-,30+,31-,34+,35-,36-,37+/m1/s1. The Morgan fingerprint density at radius 1 is 0.821 bits per heavy atom. The van der Waals surface area contributed by atoms with Gasteiger partial charge in [0.1, 0.15) is 6.10 Å². The van der Waals surface area contributed by atoms with E-state index in [-0.39, 0.29) is 22.9 Å². The van der Waals surface area contributed by atoms with Crippen molar-refractivity contribution in [3.8, 4) is 0 Å². The summed E-state index contributed by atoms with van der Waals surface area (Å²) in [5, 5.41) is 0. The van der Waals surface area contributed by atoms with Gasteiger partial charge in [-0.25, -0.2) is 4.79 Å². The van der Waals surface area contributed by atoms with Gasteiger partial charge in [0, 0.05) is 5.41 Å². The zero-order chi connectivity index (χ0) is 28.0. The zero-order valence-corrected chi connectivity index (χ0v) is 26.1. The Morgan fingerprint density at radius 3 is 2.26 bits per heavy atom. The number of rotatable bonds is 2. The van der Waals surface area contributed by atoms with E-state index in [1.807, 2.05) is 35.9 Å². The second kappa shape index (κ2) is 8.96. The molecule has 5 aliphatic carbocycles.